The van der Waals surface area contributed by atoms with Crippen LogP contribution in [0.1, 0.15) is 16.7 Å². The zero-order valence-electron chi connectivity index (χ0n) is 11.4. The molecule has 2 rings (SSSR count). The van der Waals surface area contributed by atoms with Crippen LogP contribution in [0.15, 0.2) is 42.5 Å². The lowest BCUT2D eigenvalue weighted by Crippen LogP contribution is -2.06. The number of hydrogen-bond acceptors (Lipinski definition) is 1. The Labute approximate surface area is 116 Å². The number of rotatable bonds is 3. The summed E-state index contributed by atoms with van der Waals surface area (Å²) in [6.45, 7) is 2.59. The fourth-order valence-corrected chi connectivity index (χ4v) is 2.16. The summed E-state index contributed by atoms with van der Waals surface area (Å²) in [4.78, 5) is 0. The molecule has 0 amide bonds. The number of alkyl halides is 3. The van der Waals surface area contributed by atoms with E-state index in [1.807, 2.05) is 32.2 Å². The normalized spacial score (nSPS) is 11.7. The molecule has 0 aliphatic carbocycles. The first-order valence-corrected chi connectivity index (χ1v) is 6.33. The molecule has 0 bridgehead atoms. The summed E-state index contributed by atoms with van der Waals surface area (Å²) < 4.78 is 38.3. The highest BCUT2D eigenvalue weighted by molar-refractivity contribution is 5.68. The lowest BCUT2D eigenvalue weighted by atomic mass is 9.96. The molecule has 0 aliphatic rings. The van der Waals surface area contributed by atoms with E-state index in [1.54, 1.807) is 6.07 Å². The summed E-state index contributed by atoms with van der Waals surface area (Å²) in [5, 5.41) is 3.04. The zero-order valence-corrected chi connectivity index (χ0v) is 11.4. The summed E-state index contributed by atoms with van der Waals surface area (Å²) in [6, 6.07) is 11.3. The molecule has 20 heavy (non-hydrogen) atoms. The average molecular weight is 279 g/mol. The Balaban J connectivity index is 2.48. The standard InChI is InChI=1S/C16H16F3N/c1-11-6-7-12(10-20-2)8-15(11)13-4-3-5-14(9-13)16(17,18)19/h3-9,20H,10H2,1-2H3. The van der Waals surface area contributed by atoms with E-state index in [4.69, 9.17) is 0 Å². The first-order valence-electron chi connectivity index (χ1n) is 6.33. The second kappa shape index (κ2) is 5.67. The first-order chi connectivity index (χ1) is 9.41. The molecule has 0 fully saturated rings. The van der Waals surface area contributed by atoms with Gasteiger partial charge in [0.05, 0.1) is 5.56 Å². The number of aryl methyl sites for hydroxylation is 1. The fourth-order valence-electron chi connectivity index (χ4n) is 2.16. The van der Waals surface area contributed by atoms with Gasteiger partial charge in [0.1, 0.15) is 0 Å². The highest BCUT2D eigenvalue weighted by Gasteiger charge is 2.30. The maximum atomic E-state index is 12.8. The van der Waals surface area contributed by atoms with Crippen LogP contribution in [0.4, 0.5) is 13.2 Å². The molecule has 0 saturated carbocycles. The van der Waals surface area contributed by atoms with Crippen molar-refractivity contribution in [2.75, 3.05) is 7.05 Å². The molecule has 0 unspecified atom stereocenters. The molecule has 0 atom stereocenters. The molecule has 0 aromatic heterocycles. The van der Waals surface area contributed by atoms with Crippen molar-refractivity contribution in [3.8, 4) is 11.1 Å². The van der Waals surface area contributed by atoms with Crippen LogP contribution in [0.2, 0.25) is 0 Å². The maximum Gasteiger partial charge on any atom is 0.416 e. The van der Waals surface area contributed by atoms with Gasteiger partial charge in [0, 0.05) is 6.54 Å². The predicted octanol–water partition coefficient (Wildman–Crippen LogP) is 4.40. The Morgan fingerprint density at radius 1 is 1.05 bits per heavy atom. The van der Waals surface area contributed by atoms with Gasteiger partial charge in [-0.05, 0) is 54.4 Å². The van der Waals surface area contributed by atoms with Gasteiger partial charge in [-0.2, -0.15) is 13.2 Å². The monoisotopic (exact) mass is 279 g/mol. The molecule has 0 spiro atoms. The molecular weight excluding hydrogens is 263 g/mol. The van der Waals surface area contributed by atoms with Crippen LogP contribution in [0.3, 0.4) is 0 Å². The van der Waals surface area contributed by atoms with Crippen molar-refractivity contribution >= 4 is 0 Å². The predicted molar refractivity (Wildman–Crippen MR) is 74.4 cm³/mol. The van der Waals surface area contributed by atoms with E-state index in [1.165, 1.54) is 12.1 Å². The van der Waals surface area contributed by atoms with Gasteiger partial charge >= 0.3 is 6.18 Å². The quantitative estimate of drug-likeness (QED) is 0.878. The van der Waals surface area contributed by atoms with E-state index in [2.05, 4.69) is 5.32 Å². The second-order valence-electron chi connectivity index (χ2n) is 4.76. The fraction of sp³-hybridized carbons (Fsp3) is 0.250. The molecule has 1 nitrogen and oxygen atoms in total. The summed E-state index contributed by atoms with van der Waals surface area (Å²) in [6.07, 6.45) is -4.31. The minimum atomic E-state index is -4.31. The third-order valence-corrected chi connectivity index (χ3v) is 3.18. The number of hydrogen-bond donors (Lipinski definition) is 1. The third kappa shape index (κ3) is 3.20. The van der Waals surface area contributed by atoms with Crippen LogP contribution in [-0.2, 0) is 12.7 Å². The summed E-state index contributed by atoms with van der Waals surface area (Å²) in [7, 11) is 1.84. The molecule has 4 heteroatoms. The summed E-state index contributed by atoms with van der Waals surface area (Å²) >= 11 is 0. The highest BCUT2D eigenvalue weighted by atomic mass is 19.4. The molecule has 0 aliphatic heterocycles. The molecule has 106 valence electrons. The number of benzene rings is 2. The van der Waals surface area contributed by atoms with E-state index in [-0.39, 0.29) is 0 Å². The minimum absolute atomic E-state index is 0.593. The summed E-state index contributed by atoms with van der Waals surface area (Å²) in [5.74, 6) is 0. The van der Waals surface area contributed by atoms with Crippen LogP contribution >= 0.6 is 0 Å². The zero-order chi connectivity index (χ0) is 14.8. The van der Waals surface area contributed by atoms with Crippen molar-refractivity contribution < 1.29 is 13.2 Å². The molecule has 0 radical (unpaired) electrons. The topological polar surface area (TPSA) is 12.0 Å². The van der Waals surface area contributed by atoms with E-state index in [0.29, 0.717) is 12.1 Å². The minimum Gasteiger partial charge on any atom is -0.316 e. The first kappa shape index (κ1) is 14.6. The lowest BCUT2D eigenvalue weighted by molar-refractivity contribution is -0.137. The molecule has 0 saturated heterocycles. The van der Waals surface area contributed by atoms with Crippen LogP contribution in [0.5, 0.6) is 0 Å². The van der Waals surface area contributed by atoms with Gasteiger partial charge < -0.3 is 5.32 Å². The van der Waals surface area contributed by atoms with Crippen molar-refractivity contribution in [3.63, 3.8) is 0 Å². The van der Waals surface area contributed by atoms with Crippen molar-refractivity contribution in [1.82, 2.24) is 5.32 Å². The van der Waals surface area contributed by atoms with E-state index < -0.39 is 11.7 Å². The molecule has 2 aromatic rings. The second-order valence-corrected chi connectivity index (χ2v) is 4.76. The largest absolute Gasteiger partial charge is 0.416 e. The van der Waals surface area contributed by atoms with Crippen molar-refractivity contribution in [3.05, 3.63) is 59.2 Å². The van der Waals surface area contributed by atoms with Crippen LogP contribution in [0.25, 0.3) is 11.1 Å². The third-order valence-electron chi connectivity index (χ3n) is 3.18. The number of nitrogens with one attached hydrogen (secondary N) is 1. The SMILES string of the molecule is CNCc1ccc(C)c(-c2cccc(C(F)(F)F)c2)c1. The Morgan fingerprint density at radius 3 is 2.45 bits per heavy atom. The molecule has 1 N–H and O–H groups in total. The van der Waals surface area contributed by atoms with Gasteiger partial charge in [0.2, 0.25) is 0 Å². The van der Waals surface area contributed by atoms with E-state index >= 15 is 0 Å². The maximum absolute atomic E-state index is 12.8. The van der Waals surface area contributed by atoms with Gasteiger partial charge in [-0.25, -0.2) is 0 Å². The van der Waals surface area contributed by atoms with Crippen LogP contribution in [0, 0.1) is 6.92 Å². The van der Waals surface area contributed by atoms with E-state index in [0.717, 1.165) is 22.8 Å². The Kier molecular flexibility index (Phi) is 4.14. The van der Waals surface area contributed by atoms with Crippen molar-refractivity contribution in [2.45, 2.75) is 19.6 Å². The van der Waals surface area contributed by atoms with Gasteiger partial charge in [-0.3, -0.25) is 0 Å². The number of halogens is 3. The van der Waals surface area contributed by atoms with Gasteiger partial charge in [0.15, 0.2) is 0 Å². The van der Waals surface area contributed by atoms with Gasteiger partial charge in [-0.15, -0.1) is 0 Å². The Bertz CT molecular complexity index is 603. The molecule has 2 aromatic carbocycles. The smallest absolute Gasteiger partial charge is 0.316 e. The lowest BCUT2D eigenvalue weighted by Gasteiger charge is -2.12. The van der Waals surface area contributed by atoms with E-state index in [9.17, 15) is 13.2 Å². The highest BCUT2D eigenvalue weighted by Crippen LogP contribution is 2.33. The summed E-state index contributed by atoms with van der Waals surface area (Å²) in [5.41, 5.74) is 2.82. The van der Waals surface area contributed by atoms with Crippen LogP contribution < -0.4 is 5.32 Å². The Morgan fingerprint density at radius 2 is 1.80 bits per heavy atom. The molecule has 0 heterocycles. The van der Waals surface area contributed by atoms with Crippen LogP contribution in [-0.4, -0.2) is 7.05 Å². The molecular formula is C16H16F3N. The van der Waals surface area contributed by atoms with Gasteiger partial charge in [0.25, 0.3) is 0 Å². The van der Waals surface area contributed by atoms with Crippen molar-refractivity contribution in [2.24, 2.45) is 0 Å². The average Bonchev–Trinajstić information content (AvgIpc) is 2.40. The van der Waals surface area contributed by atoms with Gasteiger partial charge in [-0.1, -0.05) is 24.3 Å². The Hall–Kier alpha value is -1.81. The van der Waals surface area contributed by atoms with Crippen molar-refractivity contribution in [1.29, 1.82) is 0 Å².